The van der Waals surface area contributed by atoms with E-state index in [9.17, 15) is 4.79 Å². The highest BCUT2D eigenvalue weighted by Gasteiger charge is 2.21. The van der Waals surface area contributed by atoms with Crippen molar-refractivity contribution in [3.05, 3.63) is 67.0 Å². The number of carbonyl (C=O) groups is 1. The smallest absolute Gasteiger partial charge is 0.237 e. The zero-order chi connectivity index (χ0) is 23.7. The zero-order valence-corrected chi connectivity index (χ0v) is 19.6. The minimum absolute atomic E-state index is 0.201. The molecular weight excluding hydrogens is 452 g/mol. The van der Waals surface area contributed by atoms with E-state index in [4.69, 9.17) is 13.9 Å². The van der Waals surface area contributed by atoms with Crippen molar-refractivity contribution >= 4 is 45.3 Å². The molecule has 1 amide bonds. The van der Waals surface area contributed by atoms with Gasteiger partial charge in [-0.2, -0.15) is 0 Å². The van der Waals surface area contributed by atoms with Gasteiger partial charge >= 0.3 is 0 Å². The Morgan fingerprint density at radius 1 is 1.00 bits per heavy atom. The number of rotatable bonds is 7. The number of hydrogen-bond donors (Lipinski definition) is 1. The van der Waals surface area contributed by atoms with Gasteiger partial charge in [0.05, 0.1) is 30.8 Å². The molecule has 5 rings (SSSR count). The Kier molecular flexibility index (Phi) is 5.85. The van der Waals surface area contributed by atoms with E-state index in [2.05, 4.69) is 15.5 Å². The van der Waals surface area contributed by atoms with E-state index in [1.165, 1.54) is 11.8 Å². The topological polar surface area (TPSA) is 91.4 Å². The largest absolute Gasteiger partial charge is 0.495 e. The number of fused-ring (bicyclic) bond motifs is 3. The van der Waals surface area contributed by atoms with Gasteiger partial charge in [-0.05, 0) is 31.2 Å². The molecule has 3 aromatic carbocycles. The number of methoxy groups -OCH3 is 2. The van der Waals surface area contributed by atoms with Gasteiger partial charge in [0.1, 0.15) is 29.0 Å². The molecule has 0 fully saturated rings. The summed E-state index contributed by atoms with van der Waals surface area (Å²) < 4.78 is 18.8. The highest BCUT2D eigenvalue weighted by atomic mass is 32.2. The maximum Gasteiger partial charge on any atom is 0.237 e. The number of benzene rings is 3. The number of nitrogens with one attached hydrogen (secondary N) is 1. The van der Waals surface area contributed by atoms with Crippen LogP contribution in [0.25, 0.3) is 27.6 Å². The number of hydrogen-bond acceptors (Lipinski definition) is 7. The Balaban J connectivity index is 1.39. The molecule has 1 N–H and O–H groups in total. The van der Waals surface area contributed by atoms with Gasteiger partial charge in [-0.3, -0.25) is 9.36 Å². The van der Waals surface area contributed by atoms with E-state index in [-0.39, 0.29) is 5.91 Å². The standard InChI is InChI=1S/C25H22N4O4S/c1-15(34-25-28-26-14-29(25)19-9-5-7-11-21(19)31-2)24(30)27-18-13-22-17(12-23(18)32-3)16-8-4-6-10-20(16)33-22/h4-15H,1-3H3,(H,27,30). The van der Waals surface area contributed by atoms with Gasteiger partial charge in [0.15, 0.2) is 5.16 Å². The number of nitrogens with zero attached hydrogens (tertiary/aromatic N) is 3. The lowest BCUT2D eigenvalue weighted by molar-refractivity contribution is -0.115. The van der Waals surface area contributed by atoms with Crippen LogP contribution < -0.4 is 14.8 Å². The van der Waals surface area contributed by atoms with Crippen molar-refractivity contribution in [1.82, 2.24) is 14.8 Å². The van der Waals surface area contributed by atoms with Crippen molar-refractivity contribution < 1.29 is 18.7 Å². The van der Waals surface area contributed by atoms with Crippen LogP contribution in [0.4, 0.5) is 5.69 Å². The predicted molar refractivity (Wildman–Crippen MR) is 132 cm³/mol. The van der Waals surface area contributed by atoms with Crippen LogP contribution in [0.3, 0.4) is 0 Å². The maximum atomic E-state index is 13.1. The first kappa shape index (κ1) is 21.8. The third kappa shape index (κ3) is 3.94. The molecule has 0 saturated carbocycles. The van der Waals surface area contributed by atoms with Crippen molar-refractivity contribution in [2.75, 3.05) is 19.5 Å². The van der Waals surface area contributed by atoms with Crippen LogP contribution in [0.2, 0.25) is 0 Å². The summed E-state index contributed by atoms with van der Waals surface area (Å²) in [5.74, 6) is 1.04. The number of furan rings is 1. The molecule has 1 atom stereocenters. The Hall–Kier alpha value is -3.98. The molecular formula is C25H22N4O4S. The van der Waals surface area contributed by atoms with Crippen molar-refractivity contribution in [2.45, 2.75) is 17.3 Å². The summed E-state index contributed by atoms with van der Waals surface area (Å²) in [5.41, 5.74) is 2.79. The monoisotopic (exact) mass is 474 g/mol. The summed E-state index contributed by atoms with van der Waals surface area (Å²) in [6.45, 7) is 1.81. The van der Waals surface area contributed by atoms with E-state index < -0.39 is 5.25 Å². The molecule has 8 nitrogen and oxygen atoms in total. The molecule has 1 unspecified atom stereocenters. The summed E-state index contributed by atoms with van der Waals surface area (Å²) >= 11 is 1.30. The average molecular weight is 475 g/mol. The molecule has 5 aromatic rings. The van der Waals surface area contributed by atoms with Crippen LogP contribution in [-0.2, 0) is 4.79 Å². The number of anilines is 1. The second-order valence-corrected chi connectivity index (χ2v) is 8.86. The van der Waals surface area contributed by atoms with E-state index in [0.29, 0.717) is 27.9 Å². The predicted octanol–water partition coefficient (Wildman–Crippen LogP) is 5.30. The summed E-state index contributed by atoms with van der Waals surface area (Å²) in [4.78, 5) is 13.1. The molecule has 0 aliphatic carbocycles. The third-order valence-corrected chi connectivity index (χ3v) is 6.53. The van der Waals surface area contributed by atoms with Gasteiger partial charge in [0.2, 0.25) is 5.91 Å². The molecule has 172 valence electrons. The lowest BCUT2D eigenvalue weighted by atomic mass is 10.1. The first-order valence-corrected chi connectivity index (χ1v) is 11.5. The number of carbonyl (C=O) groups excluding carboxylic acids is 1. The van der Waals surface area contributed by atoms with Crippen LogP contribution >= 0.6 is 11.8 Å². The second kappa shape index (κ2) is 9.11. The lowest BCUT2D eigenvalue weighted by Gasteiger charge is -2.15. The van der Waals surface area contributed by atoms with Crippen molar-refractivity contribution in [3.63, 3.8) is 0 Å². The molecule has 2 heterocycles. The van der Waals surface area contributed by atoms with Crippen molar-refractivity contribution in [3.8, 4) is 17.2 Å². The molecule has 0 aliphatic rings. The number of thioether (sulfide) groups is 1. The zero-order valence-electron chi connectivity index (χ0n) is 18.8. The van der Waals surface area contributed by atoms with Gasteiger partial charge < -0.3 is 19.2 Å². The number of aromatic nitrogens is 3. The summed E-state index contributed by atoms with van der Waals surface area (Å²) in [7, 11) is 3.19. The molecule has 2 aromatic heterocycles. The van der Waals surface area contributed by atoms with E-state index in [1.54, 1.807) is 31.2 Å². The minimum atomic E-state index is -0.464. The summed E-state index contributed by atoms with van der Waals surface area (Å²) in [6, 6.07) is 19.0. The minimum Gasteiger partial charge on any atom is -0.495 e. The first-order valence-electron chi connectivity index (χ1n) is 10.6. The molecule has 9 heteroatoms. The summed E-state index contributed by atoms with van der Waals surface area (Å²) in [5, 5.41) is 13.2. The fourth-order valence-corrected chi connectivity index (χ4v) is 4.60. The highest BCUT2D eigenvalue weighted by molar-refractivity contribution is 8.00. The fraction of sp³-hybridized carbons (Fsp3) is 0.160. The molecule has 0 spiro atoms. The van der Waals surface area contributed by atoms with Gasteiger partial charge in [-0.1, -0.05) is 42.1 Å². The third-order valence-electron chi connectivity index (χ3n) is 5.47. The van der Waals surface area contributed by atoms with Crippen molar-refractivity contribution in [2.24, 2.45) is 0 Å². The molecule has 0 radical (unpaired) electrons. The van der Waals surface area contributed by atoms with Gasteiger partial charge in [-0.15, -0.1) is 10.2 Å². The molecule has 0 saturated heterocycles. The fourth-order valence-electron chi connectivity index (χ4n) is 3.76. The Morgan fingerprint density at radius 3 is 2.59 bits per heavy atom. The Morgan fingerprint density at radius 2 is 1.76 bits per heavy atom. The summed E-state index contributed by atoms with van der Waals surface area (Å²) in [6.07, 6.45) is 1.60. The highest BCUT2D eigenvalue weighted by Crippen LogP contribution is 2.37. The van der Waals surface area contributed by atoms with Crippen LogP contribution in [0.15, 0.2) is 76.6 Å². The van der Waals surface area contributed by atoms with E-state index >= 15 is 0 Å². The van der Waals surface area contributed by atoms with Crippen LogP contribution in [0.5, 0.6) is 11.5 Å². The maximum absolute atomic E-state index is 13.1. The van der Waals surface area contributed by atoms with Gasteiger partial charge in [0.25, 0.3) is 0 Å². The lowest BCUT2D eigenvalue weighted by Crippen LogP contribution is -2.23. The normalized spacial score (nSPS) is 12.1. The molecule has 0 aliphatic heterocycles. The van der Waals surface area contributed by atoms with E-state index in [1.807, 2.05) is 61.5 Å². The van der Waals surface area contributed by atoms with Gasteiger partial charge in [-0.25, -0.2) is 0 Å². The average Bonchev–Trinajstić information content (AvgIpc) is 3.47. The number of ether oxygens (including phenoxy) is 2. The number of amides is 1. The van der Waals surface area contributed by atoms with Crippen LogP contribution in [-0.4, -0.2) is 40.1 Å². The van der Waals surface area contributed by atoms with Crippen molar-refractivity contribution in [1.29, 1.82) is 0 Å². The number of para-hydroxylation sites is 3. The van der Waals surface area contributed by atoms with E-state index in [0.717, 1.165) is 22.0 Å². The molecule has 34 heavy (non-hydrogen) atoms. The second-order valence-electron chi connectivity index (χ2n) is 7.55. The quantitative estimate of drug-likeness (QED) is 0.320. The Bertz CT molecular complexity index is 1490. The Labute approximate surface area is 199 Å². The SMILES string of the molecule is COc1cc2c(cc1NC(=O)C(C)Sc1nncn1-c1ccccc1OC)oc1ccccc12. The molecule has 0 bridgehead atoms. The first-order chi connectivity index (χ1) is 16.6. The van der Waals surface area contributed by atoms with Crippen LogP contribution in [0.1, 0.15) is 6.92 Å². The van der Waals surface area contributed by atoms with Gasteiger partial charge in [0, 0.05) is 16.8 Å². The van der Waals surface area contributed by atoms with Crippen LogP contribution in [0, 0.1) is 0 Å².